The molecule has 0 fully saturated rings. The molecule has 0 aliphatic rings. The third kappa shape index (κ3) is 2.88. The topological polar surface area (TPSA) is 68.4 Å². The van der Waals surface area contributed by atoms with Gasteiger partial charge >= 0.3 is 0 Å². The van der Waals surface area contributed by atoms with Gasteiger partial charge in [0.2, 0.25) is 5.91 Å². The number of rotatable bonds is 3. The Bertz CT molecular complexity index is 943. The highest BCUT2D eigenvalue weighted by Gasteiger charge is 2.18. The van der Waals surface area contributed by atoms with Gasteiger partial charge in [0.15, 0.2) is 0 Å². The molecule has 1 amide bonds. The summed E-state index contributed by atoms with van der Waals surface area (Å²) in [5, 5.41) is 10.3. The Morgan fingerprint density at radius 1 is 1.39 bits per heavy atom. The molecule has 0 radical (unpaired) electrons. The summed E-state index contributed by atoms with van der Waals surface area (Å²) in [5.41, 5.74) is -0.00678. The molecule has 1 N–H and O–H groups in total. The van der Waals surface area contributed by atoms with Gasteiger partial charge in [-0.2, -0.15) is 5.10 Å². The number of nitrogens with zero attached hydrogens (tertiary/aromatic N) is 3. The zero-order valence-electron chi connectivity index (χ0n) is 13.7. The summed E-state index contributed by atoms with van der Waals surface area (Å²) in [6, 6.07) is 3.86. The number of aromatic nitrogens is 3. The number of fused-ring (bicyclic) bond motifs is 3. The highest BCUT2D eigenvalue weighted by Crippen LogP contribution is 2.24. The van der Waals surface area contributed by atoms with Crippen LogP contribution in [0.4, 0.5) is 0 Å². The van der Waals surface area contributed by atoms with Gasteiger partial charge in [-0.15, -0.1) is 11.3 Å². The van der Waals surface area contributed by atoms with Gasteiger partial charge in [-0.3, -0.25) is 14.0 Å². The molecule has 0 aliphatic carbocycles. The second kappa shape index (κ2) is 5.49. The average Bonchev–Trinajstić information content (AvgIpc) is 3.00. The summed E-state index contributed by atoms with van der Waals surface area (Å²) in [5.74, 6) is 0.562. The Kier molecular flexibility index (Phi) is 3.75. The number of aryl methyl sites for hydroxylation is 1. The van der Waals surface area contributed by atoms with Crippen molar-refractivity contribution < 1.29 is 4.79 Å². The first kappa shape index (κ1) is 15.7. The Morgan fingerprint density at radius 3 is 2.78 bits per heavy atom. The molecule has 0 aromatic carbocycles. The lowest BCUT2D eigenvalue weighted by Crippen LogP contribution is -2.44. The first-order valence-corrected chi connectivity index (χ1v) is 8.48. The summed E-state index contributed by atoms with van der Waals surface area (Å²) < 4.78 is 3.17. The van der Waals surface area contributed by atoms with Crippen molar-refractivity contribution in [3.63, 3.8) is 0 Å². The van der Waals surface area contributed by atoms with Gasteiger partial charge in [0, 0.05) is 17.3 Å². The van der Waals surface area contributed by atoms with E-state index in [0.29, 0.717) is 11.9 Å². The molecular weight excluding hydrogens is 312 g/mol. The van der Waals surface area contributed by atoms with Crippen LogP contribution < -0.4 is 10.9 Å². The normalized spacial score (nSPS) is 12.2. The van der Waals surface area contributed by atoms with Gasteiger partial charge in [-0.25, -0.2) is 4.68 Å². The van der Waals surface area contributed by atoms with E-state index in [2.05, 4.69) is 10.4 Å². The van der Waals surface area contributed by atoms with Crippen molar-refractivity contribution in [2.75, 3.05) is 0 Å². The molecule has 0 aliphatic heterocycles. The van der Waals surface area contributed by atoms with E-state index < -0.39 is 0 Å². The van der Waals surface area contributed by atoms with E-state index >= 15 is 0 Å². The predicted octanol–water partition coefficient (Wildman–Crippen LogP) is 2.19. The van der Waals surface area contributed by atoms with E-state index in [1.807, 2.05) is 49.6 Å². The fourth-order valence-corrected chi connectivity index (χ4v) is 3.54. The van der Waals surface area contributed by atoms with Crippen molar-refractivity contribution in [2.45, 2.75) is 46.2 Å². The molecule has 3 aromatic heterocycles. The van der Waals surface area contributed by atoms with E-state index in [1.54, 1.807) is 11.3 Å². The van der Waals surface area contributed by atoms with Crippen molar-refractivity contribution in [2.24, 2.45) is 0 Å². The number of nitrogens with one attached hydrogen (secondary N) is 1. The number of carbonyl (C=O) groups excluding carboxylic acids is 1. The standard InChI is InChI=1S/C16H20N4O2S/c1-5-12-18-19(9-13(21)17-16(2,3)4)14(22)11-8-10-6-7-23-15(10)20(11)12/h6-8H,5,9H2,1-4H3,(H,17,21). The fraction of sp³-hybridized carbons (Fsp3) is 0.438. The molecule has 3 heterocycles. The third-order valence-corrected chi connectivity index (χ3v) is 4.40. The van der Waals surface area contributed by atoms with Crippen molar-refractivity contribution >= 4 is 33.0 Å². The molecule has 0 spiro atoms. The lowest BCUT2D eigenvalue weighted by Gasteiger charge is -2.20. The van der Waals surface area contributed by atoms with Crippen LogP contribution in [0.25, 0.3) is 15.7 Å². The van der Waals surface area contributed by atoms with Crippen LogP contribution in [-0.2, 0) is 17.8 Å². The summed E-state index contributed by atoms with van der Waals surface area (Å²) in [4.78, 5) is 25.8. The minimum Gasteiger partial charge on any atom is -0.350 e. The van der Waals surface area contributed by atoms with Crippen LogP contribution in [0.15, 0.2) is 22.3 Å². The van der Waals surface area contributed by atoms with E-state index in [1.165, 1.54) is 4.68 Å². The van der Waals surface area contributed by atoms with Crippen LogP contribution in [0.5, 0.6) is 0 Å². The van der Waals surface area contributed by atoms with Gasteiger partial charge in [0.05, 0.1) is 0 Å². The quantitative estimate of drug-likeness (QED) is 0.799. The maximum atomic E-state index is 12.7. The van der Waals surface area contributed by atoms with Gasteiger partial charge in [0.25, 0.3) is 5.56 Å². The number of hydrogen-bond donors (Lipinski definition) is 1. The van der Waals surface area contributed by atoms with Crippen molar-refractivity contribution in [3.05, 3.63) is 33.7 Å². The Balaban J connectivity index is 2.10. The van der Waals surface area contributed by atoms with E-state index in [4.69, 9.17) is 0 Å². The zero-order valence-corrected chi connectivity index (χ0v) is 14.5. The van der Waals surface area contributed by atoms with E-state index in [0.717, 1.165) is 16.0 Å². The molecule has 3 aromatic rings. The first-order valence-electron chi connectivity index (χ1n) is 7.60. The van der Waals surface area contributed by atoms with Crippen LogP contribution in [0.2, 0.25) is 0 Å². The molecule has 122 valence electrons. The highest BCUT2D eigenvalue weighted by atomic mass is 32.1. The number of amides is 1. The molecule has 0 saturated heterocycles. The third-order valence-electron chi connectivity index (χ3n) is 3.48. The lowest BCUT2D eigenvalue weighted by atomic mass is 10.1. The molecule has 6 nitrogen and oxygen atoms in total. The van der Waals surface area contributed by atoms with E-state index in [-0.39, 0.29) is 23.6 Å². The van der Waals surface area contributed by atoms with Crippen molar-refractivity contribution in [3.8, 4) is 0 Å². The summed E-state index contributed by atoms with van der Waals surface area (Å²) >= 11 is 1.58. The first-order chi connectivity index (χ1) is 10.8. The molecule has 0 unspecified atom stereocenters. The predicted molar refractivity (Wildman–Crippen MR) is 92.1 cm³/mol. The maximum absolute atomic E-state index is 12.7. The molecule has 0 atom stereocenters. The summed E-state index contributed by atoms with van der Waals surface area (Å²) in [6.07, 6.45) is 0.680. The molecule has 0 bridgehead atoms. The SMILES string of the molecule is CCc1nn(CC(=O)NC(C)(C)C)c(=O)c2cc3ccsc3n12. The fourth-order valence-electron chi connectivity index (χ4n) is 2.63. The van der Waals surface area contributed by atoms with Gasteiger partial charge in [-0.1, -0.05) is 6.92 Å². The molecule has 7 heteroatoms. The second-order valence-electron chi connectivity index (χ2n) is 6.58. The maximum Gasteiger partial charge on any atom is 0.291 e. The van der Waals surface area contributed by atoms with Crippen LogP contribution in [0, 0.1) is 0 Å². The molecular formula is C16H20N4O2S. The van der Waals surface area contributed by atoms with Gasteiger partial charge in [-0.05, 0) is 38.3 Å². The lowest BCUT2D eigenvalue weighted by molar-refractivity contribution is -0.123. The monoisotopic (exact) mass is 332 g/mol. The minimum atomic E-state index is -0.337. The Labute approximate surface area is 137 Å². The zero-order chi connectivity index (χ0) is 16.8. The molecule has 0 saturated carbocycles. The molecule has 23 heavy (non-hydrogen) atoms. The summed E-state index contributed by atoms with van der Waals surface area (Å²) in [7, 11) is 0. The number of carbonyl (C=O) groups is 1. The second-order valence-corrected chi connectivity index (χ2v) is 7.47. The van der Waals surface area contributed by atoms with Crippen molar-refractivity contribution in [1.29, 1.82) is 0 Å². The van der Waals surface area contributed by atoms with Gasteiger partial charge in [0.1, 0.15) is 22.7 Å². The summed E-state index contributed by atoms with van der Waals surface area (Å²) in [6.45, 7) is 7.64. The Morgan fingerprint density at radius 2 is 2.13 bits per heavy atom. The van der Waals surface area contributed by atoms with Crippen molar-refractivity contribution in [1.82, 2.24) is 19.5 Å². The minimum absolute atomic E-state index is 0.0710. The van der Waals surface area contributed by atoms with Gasteiger partial charge < -0.3 is 5.32 Å². The number of thiophene rings is 1. The number of hydrogen-bond acceptors (Lipinski definition) is 4. The average molecular weight is 332 g/mol. The smallest absolute Gasteiger partial charge is 0.291 e. The largest absolute Gasteiger partial charge is 0.350 e. The molecule has 3 rings (SSSR count). The van der Waals surface area contributed by atoms with Crippen LogP contribution >= 0.6 is 11.3 Å². The van der Waals surface area contributed by atoms with Crippen LogP contribution in [0.3, 0.4) is 0 Å². The Hall–Kier alpha value is -2.15. The highest BCUT2D eigenvalue weighted by molar-refractivity contribution is 7.16. The van der Waals surface area contributed by atoms with E-state index in [9.17, 15) is 9.59 Å². The van der Waals surface area contributed by atoms with Crippen LogP contribution in [0.1, 0.15) is 33.5 Å². The van der Waals surface area contributed by atoms with Crippen LogP contribution in [-0.4, -0.2) is 25.6 Å².